The first-order valence-corrected chi connectivity index (χ1v) is 5.72. The molecule has 0 saturated carbocycles. The Labute approximate surface area is 102 Å². The second-order valence-corrected chi connectivity index (χ2v) is 4.50. The molecule has 3 nitrogen and oxygen atoms in total. The number of halogens is 1. The molecule has 0 aliphatic rings. The van der Waals surface area contributed by atoms with Gasteiger partial charge < -0.3 is 4.74 Å². The van der Waals surface area contributed by atoms with Crippen LogP contribution < -0.4 is 0 Å². The maximum absolute atomic E-state index is 11.8. The average Bonchev–Trinajstić information content (AvgIpc) is 2.26. The molecule has 1 rings (SSSR count). The van der Waals surface area contributed by atoms with Crippen LogP contribution in [0.1, 0.15) is 17.3 Å². The van der Waals surface area contributed by atoms with Crippen LogP contribution in [-0.2, 0) is 9.53 Å². The number of carbonyl (C=O) groups is 2. The fourth-order valence-corrected chi connectivity index (χ4v) is 1.59. The van der Waals surface area contributed by atoms with Crippen molar-refractivity contribution in [2.45, 2.75) is 10.8 Å². The van der Waals surface area contributed by atoms with E-state index in [0.717, 1.165) is 0 Å². The molecular formula is C11H11IO3. The maximum atomic E-state index is 11.8. The van der Waals surface area contributed by atoms with E-state index in [0.29, 0.717) is 5.56 Å². The molecule has 0 N–H and O–H groups in total. The van der Waals surface area contributed by atoms with Crippen molar-refractivity contribution in [3.05, 3.63) is 35.9 Å². The van der Waals surface area contributed by atoms with Gasteiger partial charge in [-0.15, -0.1) is 0 Å². The Morgan fingerprint density at radius 2 is 1.93 bits per heavy atom. The van der Waals surface area contributed by atoms with Crippen LogP contribution in [0.5, 0.6) is 0 Å². The molecule has 0 fully saturated rings. The summed E-state index contributed by atoms with van der Waals surface area (Å²) < 4.78 is 4.45. The molecule has 0 aliphatic heterocycles. The van der Waals surface area contributed by atoms with E-state index < -0.39 is 0 Å². The van der Waals surface area contributed by atoms with Gasteiger partial charge in [0.1, 0.15) is 10.5 Å². The molecule has 1 aromatic rings. The van der Waals surface area contributed by atoms with Crippen LogP contribution in [-0.4, -0.2) is 22.3 Å². The van der Waals surface area contributed by atoms with Crippen molar-refractivity contribution in [2.24, 2.45) is 0 Å². The first kappa shape index (κ1) is 12.2. The summed E-state index contributed by atoms with van der Waals surface area (Å²) in [5.41, 5.74) is 0.643. The van der Waals surface area contributed by atoms with E-state index in [1.54, 1.807) is 12.1 Å². The molecule has 0 amide bonds. The highest BCUT2D eigenvalue weighted by atomic mass is 127. The summed E-state index contributed by atoms with van der Waals surface area (Å²) in [5, 5.41) is 0. The van der Waals surface area contributed by atoms with E-state index in [9.17, 15) is 9.59 Å². The van der Waals surface area contributed by atoms with Crippen LogP contribution in [0.2, 0.25) is 0 Å². The lowest BCUT2D eigenvalue weighted by Crippen LogP contribution is -2.21. The molecule has 0 aliphatic carbocycles. The standard InChI is InChI=1S/C11H11IO3/c1-8(13)15-7-10(12)11(14)9-5-3-2-4-6-9/h2-6,10H,7H2,1H3. The van der Waals surface area contributed by atoms with Crippen molar-refractivity contribution in [3.8, 4) is 0 Å². The second-order valence-electron chi connectivity index (χ2n) is 3.00. The Morgan fingerprint density at radius 1 is 1.33 bits per heavy atom. The van der Waals surface area contributed by atoms with Crippen molar-refractivity contribution >= 4 is 34.3 Å². The quantitative estimate of drug-likeness (QED) is 0.370. The lowest BCUT2D eigenvalue weighted by Gasteiger charge is -2.08. The van der Waals surface area contributed by atoms with Crippen LogP contribution in [0.3, 0.4) is 0 Å². The van der Waals surface area contributed by atoms with Gasteiger partial charge in [-0.3, -0.25) is 9.59 Å². The van der Waals surface area contributed by atoms with E-state index in [4.69, 9.17) is 4.74 Å². The molecule has 1 unspecified atom stereocenters. The van der Waals surface area contributed by atoms with Crippen molar-refractivity contribution < 1.29 is 14.3 Å². The maximum Gasteiger partial charge on any atom is 0.302 e. The number of ether oxygens (including phenoxy) is 1. The van der Waals surface area contributed by atoms with Gasteiger partial charge in [-0.2, -0.15) is 0 Å². The van der Waals surface area contributed by atoms with Gasteiger partial charge >= 0.3 is 5.97 Å². The molecule has 15 heavy (non-hydrogen) atoms. The molecule has 0 bridgehead atoms. The number of alkyl halides is 1. The zero-order valence-corrected chi connectivity index (χ0v) is 10.4. The molecule has 80 valence electrons. The van der Waals surface area contributed by atoms with Gasteiger partial charge in [-0.25, -0.2) is 0 Å². The Balaban J connectivity index is 2.57. The van der Waals surface area contributed by atoms with Gasteiger partial charge in [0, 0.05) is 12.5 Å². The summed E-state index contributed by atoms with van der Waals surface area (Å²) in [4.78, 5) is 22.3. The van der Waals surface area contributed by atoms with Gasteiger partial charge in [-0.1, -0.05) is 52.9 Å². The lowest BCUT2D eigenvalue weighted by atomic mass is 10.1. The van der Waals surface area contributed by atoms with Gasteiger partial charge in [0.25, 0.3) is 0 Å². The highest BCUT2D eigenvalue weighted by Crippen LogP contribution is 2.11. The smallest absolute Gasteiger partial charge is 0.302 e. The number of hydrogen-bond donors (Lipinski definition) is 0. The Bertz CT molecular complexity index is 348. The summed E-state index contributed by atoms with van der Waals surface area (Å²) >= 11 is 1.98. The van der Waals surface area contributed by atoms with Gasteiger partial charge in [0.05, 0.1) is 0 Å². The predicted octanol–water partition coefficient (Wildman–Crippen LogP) is 2.24. The molecule has 1 atom stereocenters. The van der Waals surface area contributed by atoms with Crippen molar-refractivity contribution in [1.29, 1.82) is 0 Å². The number of esters is 1. The highest BCUT2D eigenvalue weighted by Gasteiger charge is 2.17. The third-order valence-corrected chi connectivity index (χ3v) is 2.70. The zero-order valence-electron chi connectivity index (χ0n) is 8.27. The lowest BCUT2D eigenvalue weighted by molar-refractivity contribution is -0.140. The second kappa shape index (κ2) is 5.85. The third-order valence-electron chi connectivity index (χ3n) is 1.78. The minimum absolute atomic E-state index is 0.0162. The fourth-order valence-electron chi connectivity index (χ4n) is 1.05. The highest BCUT2D eigenvalue weighted by molar-refractivity contribution is 14.1. The Kier molecular flexibility index (Phi) is 4.74. The van der Waals surface area contributed by atoms with Crippen molar-refractivity contribution in [1.82, 2.24) is 0 Å². The number of rotatable bonds is 4. The predicted molar refractivity (Wildman–Crippen MR) is 65.2 cm³/mol. The number of benzene rings is 1. The van der Waals surface area contributed by atoms with Crippen molar-refractivity contribution in [2.75, 3.05) is 6.61 Å². The van der Waals surface area contributed by atoms with Gasteiger partial charge in [0.15, 0.2) is 5.78 Å². The fraction of sp³-hybridized carbons (Fsp3) is 0.273. The number of Topliss-reactive ketones (excluding diaryl/α,β-unsaturated/α-hetero) is 1. The monoisotopic (exact) mass is 318 g/mol. The third kappa shape index (κ3) is 3.99. The van der Waals surface area contributed by atoms with Gasteiger partial charge in [0.2, 0.25) is 0 Å². The topological polar surface area (TPSA) is 43.4 Å². The molecular weight excluding hydrogens is 307 g/mol. The Morgan fingerprint density at radius 3 is 2.47 bits per heavy atom. The molecule has 0 aromatic heterocycles. The number of carbonyl (C=O) groups excluding carboxylic acids is 2. The van der Waals surface area contributed by atoms with Crippen molar-refractivity contribution in [3.63, 3.8) is 0 Å². The summed E-state index contributed by atoms with van der Waals surface area (Å²) in [6.07, 6.45) is 0. The van der Waals surface area contributed by atoms with E-state index in [1.165, 1.54) is 6.92 Å². The van der Waals surface area contributed by atoms with Gasteiger partial charge in [-0.05, 0) is 0 Å². The van der Waals surface area contributed by atoms with E-state index in [1.807, 2.05) is 40.8 Å². The number of ketones is 1. The molecule has 0 saturated heterocycles. The van der Waals surface area contributed by atoms with Crippen LogP contribution in [0, 0.1) is 0 Å². The first-order chi connectivity index (χ1) is 7.11. The zero-order chi connectivity index (χ0) is 11.3. The molecule has 1 aromatic carbocycles. The minimum Gasteiger partial charge on any atom is -0.464 e. The van der Waals surface area contributed by atoms with E-state index in [-0.39, 0.29) is 22.3 Å². The minimum atomic E-state index is -0.363. The first-order valence-electron chi connectivity index (χ1n) is 4.48. The molecule has 0 heterocycles. The largest absolute Gasteiger partial charge is 0.464 e. The van der Waals surface area contributed by atoms with E-state index in [2.05, 4.69) is 0 Å². The van der Waals surface area contributed by atoms with Crippen LogP contribution in [0.4, 0.5) is 0 Å². The number of hydrogen-bond acceptors (Lipinski definition) is 3. The van der Waals surface area contributed by atoms with Crippen LogP contribution >= 0.6 is 22.6 Å². The Hall–Kier alpha value is -0.910. The molecule has 0 radical (unpaired) electrons. The summed E-state index contributed by atoms with van der Waals surface area (Å²) in [7, 11) is 0. The summed E-state index contributed by atoms with van der Waals surface area (Å²) in [5.74, 6) is -0.380. The summed E-state index contributed by atoms with van der Waals surface area (Å²) in [6.45, 7) is 1.46. The molecule has 4 heteroatoms. The average molecular weight is 318 g/mol. The SMILES string of the molecule is CC(=O)OCC(I)C(=O)c1ccccc1. The molecule has 0 spiro atoms. The van der Waals surface area contributed by atoms with Crippen LogP contribution in [0.15, 0.2) is 30.3 Å². The summed E-state index contributed by atoms with van der Waals surface area (Å²) in [6, 6.07) is 8.97. The van der Waals surface area contributed by atoms with E-state index >= 15 is 0 Å². The normalized spacial score (nSPS) is 11.9. The van der Waals surface area contributed by atoms with Crippen LogP contribution in [0.25, 0.3) is 0 Å².